The first kappa shape index (κ1) is 36.7. The van der Waals surface area contributed by atoms with Gasteiger partial charge in [-0.3, -0.25) is 0 Å². The maximum atomic E-state index is 2.48. The van der Waals surface area contributed by atoms with Gasteiger partial charge in [-0.1, -0.05) is 229 Å². The molecule has 0 unspecified atom stereocenters. The third-order valence-corrected chi connectivity index (χ3v) is 11.4. The van der Waals surface area contributed by atoms with Crippen molar-refractivity contribution >= 4 is 32.3 Å². The molecule has 0 aliphatic heterocycles. The van der Waals surface area contributed by atoms with Crippen molar-refractivity contribution in [2.75, 3.05) is 0 Å². The highest BCUT2D eigenvalue weighted by atomic mass is 14.5. The van der Waals surface area contributed by atoms with E-state index in [1.807, 2.05) is 13.8 Å². The number of fused-ring (bicyclic) bond motifs is 7. The fourth-order valence-electron chi connectivity index (χ4n) is 8.97. The Morgan fingerprint density at radius 2 is 0.839 bits per heavy atom. The van der Waals surface area contributed by atoms with E-state index in [1.165, 1.54) is 107 Å². The molecule has 0 fully saturated rings. The average molecular weight is 723 g/mol. The summed E-state index contributed by atoms with van der Waals surface area (Å²) in [5, 5.41) is 7.62. The third kappa shape index (κ3) is 6.30. The van der Waals surface area contributed by atoms with Crippen molar-refractivity contribution in [1.29, 1.82) is 0 Å². The van der Waals surface area contributed by atoms with Gasteiger partial charge in [0.15, 0.2) is 0 Å². The summed E-state index contributed by atoms with van der Waals surface area (Å²) in [6.45, 7) is 8.42. The monoisotopic (exact) mass is 722 g/mol. The summed E-state index contributed by atoms with van der Waals surface area (Å²) >= 11 is 0. The van der Waals surface area contributed by atoms with Crippen molar-refractivity contribution in [3.05, 3.63) is 216 Å². The van der Waals surface area contributed by atoms with E-state index in [0.717, 1.165) is 0 Å². The highest BCUT2D eigenvalue weighted by Crippen LogP contribution is 2.59. The van der Waals surface area contributed by atoms with Crippen LogP contribution in [0.25, 0.3) is 65.7 Å². The Hall–Kier alpha value is -6.24. The molecule has 0 N–H and O–H groups in total. The van der Waals surface area contributed by atoms with E-state index in [0.29, 0.717) is 0 Å². The van der Waals surface area contributed by atoms with Crippen LogP contribution in [-0.4, -0.2) is 0 Å². The van der Waals surface area contributed by atoms with Crippen LogP contribution < -0.4 is 0 Å². The van der Waals surface area contributed by atoms with E-state index < -0.39 is 5.41 Å². The van der Waals surface area contributed by atoms with Gasteiger partial charge in [0.2, 0.25) is 0 Å². The lowest BCUT2D eigenvalue weighted by Crippen LogP contribution is -2.28. The maximum Gasteiger partial charge on any atom is 0.0719 e. The predicted octanol–water partition coefficient (Wildman–Crippen LogP) is 16.1. The smallest absolute Gasteiger partial charge is 0.0683 e. The van der Waals surface area contributed by atoms with Crippen LogP contribution in [0.2, 0.25) is 0 Å². The van der Waals surface area contributed by atoms with Crippen LogP contribution in [-0.2, 0) is 5.41 Å². The first-order valence-electron chi connectivity index (χ1n) is 20.5. The zero-order valence-corrected chi connectivity index (χ0v) is 33.1. The highest BCUT2D eigenvalue weighted by Gasteiger charge is 2.47. The molecule has 9 aromatic carbocycles. The molecule has 0 saturated heterocycles. The molecule has 0 saturated carbocycles. The second-order valence-electron chi connectivity index (χ2n) is 14.6. The fourth-order valence-corrected chi connectivity index (χ4v) is 8.97. The van der Waals surface area contributed by atoms with Gasteiger partial charge in [0.05, 0.1) is 5.41 Å². The Labute approximate surface area is 333 Å². The number of rotatable bonds is 6. The molecule has 274 valence electrons. The topological polar surface area (TPSA) is 0 Å². The third-order valence-electron chi connectivity index (χ3n) is 11.4. The van der Waals surface area contributed by atoms with Gasteiger partial charge in [0.1, 0.15) is 0 Å². The van der Waals surface area contributed by atoms with Crippen molar-refractivity contribution in [2.45, 2.75) is 52.4 Å². The Kier molecular flexibility index (Phi) is 10.6. The number of hydrogen-bond donors (Lipinski definition) is 0. The number of benzene rings is 9. The maximum absolute atomic E-state index is 2.48. The molecule has 0 bridgehead atoms. The quantitative estimate of drug-likeness (QED) is 0.160. The minimum atomic E-state index is -0.506. The molecule has 9 aromatic rings. The van der Waals surface area contributed by atoms with Crippen LogP contribution in [0.1, 0.15) is 69.2 Å². The molecule has 1 aliphatic rings. The van der Waals surface area contributed by atoms with Gasteiger partial charge in [-0.05, 0) is 100 Å². The van der Waals surface area contributed by atoms with Gasteiger partial charge in [0, 0.05) is 0 Å². The molecule has 10 rings (SSSR count). The normalized spacial score (nSPS) is 12.3. The second-order valence-corrected chi connectivity index (χ2v) is 14.6. The van der Waals surface area contributed by atoms with E-state index in [2.05, 4.69) is 208 Å². The summed E-state index contributed by atoms with van der Waals surface area (Å²) in [6.07, 6.45) is 4.08. The molecule has 0 nitrogen and oxygen atoms in total. The summed E-state index contributed by atoms with van der Waals surface area (Å²) in [6, 6.07) is 72.0. The van der Waals surface area contributed by atoms with Gasteiger partial charge >= 0.3 is 0 Å². The van der Waals surface area contributed by atoms with Crippen LogP contribution in [0, 0.1) is 0 Å². The zero-order valence-electron chi connectivity index (χ0n) is 33.1. The number of unbranched alkanes of at least 4 members (excludes halogenated alkanes) is 2. The summed E-state index contributed by atoms with van der Waals surface area (Å²) in [5.41, 5.74) is 12.3. The molecule has 0 heterocycles. The Bertz CT molecular complexity index is 2700. The van der Waals surface area contributed by atoms with Gasteiger partial charge in [-0.2, -0.15) is 0 Å². The lowest BCUT2D eigenvalue weighted by molar-refractivity contribution is 0.772. The summed E-state index contributed by atoms with van der Waals surface area (Å²) in [4.78, 5) is 0. The second kappa shape index (κ2) is 16.2. The van der Waals surface area contributed by atoms with Crippen molar-refractivity contribution in [3.63, 3.8) is 0 Å². The molecule has 0 spiro atoms. The summed E-state index contributed by atoms with van der Waals surface area (Å²) in [7, 11) is 0. The Balaban J connectivity index is 0.000000587. The zero-order chi connectivity index (χ0) is 38.5. The van der Waals surface area contributed by atoms with Crippen molar-refractivity contribution in [3.8, 4) is 33.4 Å². The summed E-state index contributed by atoms with van der Waals surface area (Å²) in [5.74, 6) is 0. The SMILES string of the molecule is CC.CCCCC.c1ccc(C2(c3ccccc3)c3cc(-c4cccc5ccccc45)ccc3-c3ccc4cc(-c5cccc6ccccc56)ccc4c32)cc1. The Morgan fingerprint density at radius 1 is 0.357 bits per heavy atom. The average Bonchev–Trinajstić information content (AvgIpc) is 3.58. The van der Waals surface area contributed by atoms with Crippen LogP contribution in [0.15, 0.2) is 194 Å². The molecule has 0 amide bonds. The molecular weight excluding hydrogens is 673 g/mol. The van der Waals surface area contributed by atoms with Crippen molar-refractivity contribution < 1.29 is 0 Å². The standard InChI is InChI=1S/C49H32.C5H12.C2H6/c1-3-17-38(18-4-1)49(39-19-5-2-6-20-39)47-32-37(43-24-12-16-34-14-8-10-22-41(34)43)26-29-45(47)46-30-27-36-31-35(25-28-44(36)48(46)49)42-23-11-15-33-13-7-9-21-40(33)42;1-3-5-4-2;1-2/h1-32H;3-5H2,1-2H3;1-2H3. The van der Waals surface area contributed by atoms with E-state index >= 15 is 0 Å². The predicted molar refractivity (Wildman–Crippen MR) is 244 cm³/mol. The molecule has 0 aromatic heterocycles. The first-order chi connectivity index (χ1) is 27.7. The van der Waals surface area contributed by atoms with E-state index in [-0.39, 0.29) is 0 Å². The van der Waals surface area contributed by atoms with Gasteiger partial charge < -0.3 is 0 Å². The van der Waals surface area contributed by atoms with Crippen LogP contribution in [0.5, 0.6) is 0 Å². The minimum absolute atomic E-state index is 0.506. The van der Waals surface area contributed by atoms with Crippen LogP contribution >= 0.6 is 0 Å². The van der Waals surface area contributed by atoms with Gasteiger partial charge in [-0.25, -0.2) is 0 Å². The van der Waals surface area contributed by atoms with E-state index in [9.17, 15) is 0 Å². The molecule has 0 radical (unpaired) electrons. The van der Waals surface area contributed by atoms with E-state index in [4.69, 9.17) is 0 Å². The fraction of sp³-hybridized carbons (Fsp3) is 0.143. The summed E-state index contributed by atoms with van der Waals surface area (Å²) < 4.78 is 0. The van der Waals surface area contributed by atoms with Gasteiger partial charge in [0.25, 0.3) is 0 Å². The van der Waals surface area contributed by atoms with Gasteiger partial charge in [-0.15, -0.1) is 0 Å². The Morgan fingerprint density at radius 3 is 1.39 bits per heavy atom. The molecular formula is C56H50. The first-order valence-corrected chi connectivity index (χ1v) is 20.5. The van der Waals surface area contributed by atoms with E-state index in [1.54, 1.807) is 0 Å². The molecule has 1 aliphatic carbocycles. The van der Waals surface area contributed by atoms with Crippen molar-refractivity contribution in [1.82, 2.24) is 0 Å². The van der Waals surface area contributed by atoms with Crippen molar-refractivity contribution in [2.24, 2.45) is 0 Å². The largest absolute Gasteiger partial charge is 0.0719 e. The molecule has 0 heteroatoms. The number of hydrogen-bond acceptors (Lipinski definition) is 0. The van der Waals surface area contributed by atoms with Crippen LogP contribution in [0.4, 0.5) is 0 Å². The lowest BCUT2D eigenvalue weighted by atomic mass is 9.66. The molecule has 56 heavy (non-hydrogen) atoms. The lowest BCUT2D eigenvalue weighted by Gasteiger charge is -2.35. The van der Waals surface area contributed by atoms with Crippen LogP contribution in [0.3, 0.4) is 0 Å². The molecule has 0 atom stereocenters. The highest BCUT2D eigenvalue weighted by molar-refractivity contribution is 6.05. The minimum Gasteiger partial charge on any atom is -0.0683 e.